The average molecular weight is 522 g/mol. The molecule has 0 spiro atoms. The zero-order valence-electron chi connectivity index (χ0n) is 19.3. The molecule has 2 aliphatic heterocycles. The maximum absolute atomic E-state index is 15.0. The van der Waals surface area contributed by atoms with Crippen molar-refractivity contribution in [2.75, 3.05) is 11.7 Å². The predicted octanol–water partition coefficient (Wildman–Crippen LogP) is 4.42. The second kappa shape index (κ2) is 8.53. The second-order valence-corrected chi connectivity index (χ2v) is 10.1. The Hall–Kier alpha value is -3.02. The number of fused-ring (bicyclic) bond motifs is 3. The molecule has 6 nitrogen and oxygen atoms in total. The van der Waals surface area contributed by atoms with Gasteiger partial charge in [-0.2, -0.15) is 13.2 Å². The van der Waals surface area contributed by atoms with Crippen LogP contribution in [0.25, 0.3) is 0 Å². The SMILES string of the molecule is C[C@@H](N1CN([C@@H]2c3ccccc3SCc3c(F)cccc32)n2ccc(=O)c(O)c2C1(C)O)C(F)(F)F. The van der Waals surface area contributed by atoms with Gasteiger partial charge in [0.2, 0.25) is 5.43 Å². The van der Waals surface area contributed by atoms with Crippen molar-refractivity contribution < 1.29 is 27.8 Å². The summed E-state index contributed by atoms with van der Waals surface area (Å²) in [4.78, 5) is 13.9. The van der Waals surface area contributed by atoms with E-state index in [9.17, 15) is 32.6 Å². The van der Waals surface area contributed by atoms with Gasteiger partial charge in [0.1, 0.15) is 17.6 Å². The van der Waals surface area contributed by atoms with E-state index in [1.165, 1.54) is 33.7 Å². The summed E-state index contributed by atoms with van der Waals surface area (Å²) in [7, 11) is 0. The number of halogens is 4. The minimum Gasteiger partial charge on any atom is -0.503 e. The molecule has 0 saturated carbocycles. The number of pyridine rings is 1. The van der Waals surface area contributed by atoms with Crippen molar-refractivity contribution in [1.29, 1.82) is 0 Å². The van der Waals surface area contributed by atoms with Crippen LogP contribution in [0.5, 0.6) is 5.75 Å². The van der Waals surface area contributed by atoms with E-state index in [1.807, 2.05) is 18.2 Å². The van der Waals surface area contributed by atoms with Gasteiger partial charge in [-0.3, -0.25) is 14.5 Å². The highest BCUT2D eigenvalue weighted by Gasteiger charge is 2.53. The molecule has 3 atom stereocenters. The van der Waals surface area contributed by atoms with Crippen molar-refractivity contribution in [1.82, 2.24) is 9.58 Å². The second-order valence-electron chi connectivity index (χ2n) is 9.05. The van der Waals surface area contributed by atoms with Gasteiger partial charge in [0.25, 0.3) is 0 Å². The van der Waals surface area contributed by atoms with Crippen LogP contribution < -0.4 is 10.4 Å². The first kappa shape index (κ1) is 24.7. The molecule has 0 aliphatic carbocycles. The van der Waals surface area contributed by atoms with Crippen LogP contribution in [0, 0.1) is 5.82 Å². The van der Waals surface area contributed by atoms with Gasteiger partial charge in [-0.25, -0.2) is 9.29 Å². The summed E-state index contributed by atoms with van der Waals surface area (Å²) in [6.07, 6.45) is -3.41. The number of thioether (sulfide) groups is 1. The Morgan fingerprint density at radius 1 is 1.11 bits per heavy atom. The predicted molar refractivity (Wildman–Crippen MR) is 127 cm³/mol. The number of aromatic nitrogens is 1. The Labute approximate surface area is 208 Å². The molecule has 5 rings (SSSR count). The molecule has 36 heavy (non-hydrogen) atoms. The van der Waals surface area contributed by atoms with Gasteiger partial charge in [-0.1, -0.05) is 30.3 Å². The fourth-order valence-corrected chi connectivity index (χ4v) is 6.14. The lowest BCUT2D eigenvalue weighted by Gasteiger charge is -2.52. The van der Waals surface area contributed by atoms with Crippen LogP contribution in [-0.4, -0.2) is 38.7 Å². The van der Waals surface area contributed by atoms with Gasteiger partial charge in [0.15, 0.2) is 11.5 Å². The lowest BCUT2D eigenvalue weighted by molar-refractivity contribution is -0.236. The zero-order chi connectivity index (χ0) is 26.0. The van der Waals surface area contributed by atoms with E-state index < -0.39 is 53.3 Å². The third-order valence-electron chi connectivity index (χ3n) is 6.91. The van der Waals surface area contributed by atoms with E-state index in [0.717, 1.165) is 35.3 Å². The minimum absolute atomic E-state index is 0.312. The first-order valence-electron chi connectivity index (χ1n) is 11.2. The normalized spacial score (nSPS) is 22.9. The van der Waals surface area contributed by atoms with Crippen LogP contribution in [0.3, 0.4) is 0 Å². The van der Waals surface area contributed by atoms with Gasteiger partial charge in [-0.05, 0) is 37.1 Å². The number of nitrogens with zero attached hydrogens (tertiary/aromatic N) is 3. The van der Waals surface area contributed by atoms with Crippen molar-refractivity contribution in [3.63, 3.8) is 0 Å². The van der Waals surface area contributed by atoms with Crippen LogP contribution in [0.2, 0.25) is 0 Å². The van der Waals surface area contributed by atoms with E-state index in [0.29, 0.717) is 16.9 Å². The summed E-state index contributed by atoms with van der Waals surface area (Å²) in [5.74, 6) is -0.987. The largest absolute Gasteiger partial charge is 0.503 e. The summed E-state index contributed by atoms with van der Waals surface area (Å²) in [6.45, 7) is 1.58. The van der Waals surface area contributed by atoms with Crippen molar-refractivity contribution in [2.45, 2.75) is 48.5 Å². The molecule has 190 valence electrons. The number of hydrogen-bond acceptors (Lipinski definition) is 6. The summed E-state index contributed by atoms with van der Waals surface area (Å²) in [5.41, 5.74) is -1.92. The first-order valence-corrected chi connectivity index (χ1v) is 12.2. The molecule has 0 radical (unpaired) electrons. The molecule has 1 unspecified atom stereocenters. The molecule has 0 saturated heterocycles. The minimum atomic E-state index is -4.72. The molecule has 0 amide bonds. The molecule has 3 aromatic rings. The third-order valence-corrected chi connectivity index (χ3v) is 8.03. The summed E-state index contributed by atoms with van der Waals surface area (Å²) in [5, 5.41) is 23.6. The first-order chi connectivity index (χ1) is 16.9. The Bertz CT molecular complexity index is 1390. The molecular formula is C25H23F4N3O3S. The highest BCUT2D eigenvalue weighted by atomic mass is 32.2. The number of aliphatic hydroxyl groups is 1. The molecule has 1 aromatic heterocycles. The monoisotopic (exact) mass is 521 g/mol. The smallest absolute Gasteiger partial charge is 0.403 e. The number of benzene rings is 2. The third kappa shape index (κ3) is 3.77. The van der Waals surface area contributed by atoms with E-state index in [1.54, 1.807) is 18.2 Å². The van der Waals surface area contributed by atoms with Crippen LogP contribution >= 0.6 is 11.8 Å². The van der Waals surface area contributed by atoms with E-state index in [2.05, 4.69) is 0 Å². The zero-order valence-corrected chi connectivity index (χ0v) is 20.1. The van der Waals surface area contributed by atoms with Gasteiger partial charge in [0, 0.05) is 28.5 Å². The lowest BCUT2D eigenvalue weighted by atomic mass is 9.93. The van der Waals surface area contributed by atoms with Crippen molar-refractivity contribution in [2.24, 2.45) is 0 Å². The van der Waals surface area contributed by atoms with Crippen LogP contribution in [0.4, 0.5) is 17.6 Å². The van der Waals surface area contributed by atoms with Crippen molar-refractivity contribution in [3.8, 4) is 5.75 Å². The standard InChI is InChI=1S/C25H23F4N3O3S/c1-14(25(27,28)29)30-13-32(31-11-10-19(33)22(34)23(31)24(30,2)35)21-15-7-5-8-18(26)17(15)12-36-20-9-4-3-6-16(20)21/h3-11,14,21,34-35H,12-13H2,1-2H3/t14-,21+,24?/m1/s1. The molecule has 11 heteroatoms. The van der Waals surface area contributed by atoms with E-state index >= 15 is 0 Å². The molecule has 0 bridgehead atoms. The molecule has 2 aromatic carbocycles. The molecular weight excluding hydrogens is 498 g/mol. The Balaban J connectivity index is 1.81. The van der Waals surface area contributed by atoms with Crippen molar-refractivity contribution >= 4 is 11.8 Å². The quantitative estimate of drug-likeness (QED) is 0.487. The maximum atomic E-state index is 15.0. The average Bonchev–Trinajstić information content (AvgIpc) is 2.98. The van der Waals surface area contributed by atoms with Crippen LogP contribution in [-0.2, 0) is 11.5 Å². The van der Waals surface area contributed by atoms with Crippen LogP contribution in [0.15, 0.2) is 64.4 Å². The fourth-order valence-electron chi connectivity index (χ4n) is 5.01. The van der Waals surface area contributed by atoms with E-state index in [-0.39, 0.29) is 0 Å². The Kier molecular flexibility index (Phi) is 5.85. The number of alkyl halides is 3. The fraction of sp³-hybridized carbons (Fsp3) is 0.320. The van der Waals surface area contributed by atoms with Gasteiger partial charge >= 0.3 is 6.18 Å². The summed E-state index contributed by atoms with van der Waals surface area (Å²) in [6, 6.07) is 10.0. The van der Waals surface area contributed by atoms with Gasteiger partial charge < -0.3 is 10.2 Å². The molecule has 3 heterocycles. The van der Waals surface area contributed by atoms with Crippen LogP contribution in [0.1, 0.15) is 42.3 Å². The Morgan fingerprint density at radius 3 is 2.53 bits per heavy atom. The molecule has 2 aliphatic rings. The Morgan fingerprint density at radius 2 is 1.81 bits per heavy atom. The highest BCUT2D eigenvalue weighted by Crippen LogP contribution is 2.46. The number of aromatic hydroxyl groups is 1. The maximum Gasteiger partial charge on any atom is 0.403 e. The highest BCUT2D eigenvalue weighted by molar-refractivity contribution is 7.98. The number of rotatable bonds is 2. The van der Waals surface area contributed by atoms with Gasteiger partial charge in [-0.15, -0.1) is 11.8 Å². The lowest BCUT2D eigenvalue weighted by Crippen LogP contribution is -2.65. The molecule has 0 fully saturated rings. The number of hydrogen-bond donors (Lipinski definition) is 2. The summed E-state index contributed by atoms with van der Waals surface area (Å²) >= 11 is 1.41. The summed E-state index contributed by atoms with van der Waals surface area (Å²) < 4.78 is 58.1. The van der Waals surface area contributed by atoms with E-state index in [4.69, 9.17) is 0 Å². The van der Waals surface area contributed by atoms with Gasteiger partial charge in [0.05, 0.1) is 12.7 Å². The molecule has 2 N–H and O–H groups in total. The van der Waals surface area contributed by atoms with Crippen molar-refractivity contribution in [3.05, 3.63) is 93.2 Å². The topological polar surface area (TPSA) is 68.9 Å².